The summed E-state index contributed by atoms with van der Waals surface area (Å²) in [6.45, 7) is 7.17. The Hall–Kier alpha value is -3.44. The molecule has 2 amide bonds. The topological polar surface area (TPSA) is 114 Å². The molecular weight excluding hydrogens is 470 g/mol. The second kappa shape index (κ2) is 10.4. The summed E-state index contributed by atoms with van der Waals surface area (Å²) in [5.41, 5.74) is 5.80. The summed E-state index contributed by atoms with van der Waals surface area (Å²) in [5, 5.41) is 9.05. The number of carbonyl (C=O) groups excluding carboxylic acids is 2. The first-order chi connectivity index (χ1) is 16.4. The number of alkyl halides is 2. The molecule has 0 spiro atoms. The highest BCUT2D eigenvalue weighted by atomic mass is 19.3. The molecule has 8 nitrogen and oxygen atoms in total. The number of imide groups is 1. The lowest BCUT2D eigenvalue weighted by molar-refractivity contribution is -0.134. The van der Waals surface area contributed by atoms with E-state index in [0.29, 0.717) is 11.3 Å². The van der Waals surface area contributed by atoms with Crippen molar-refractivity contribution in [3.05, 3.63) is 41.8 Å². The number of aromatic nitrogens is 2. The standard InChI is InChI=1S/C15H16F2N2O2.C8H11F2N3O/c1-8-4-5-19(8)9-6-11(16)14(12(17)7-9)10-2-3-13(20)18-15(10)21;1-5(3-4-8(2,9)10)6-12-13-7(11)14-6/h6-8,10H,2-5H2,1H3,(H,18,20,21);1,3-4H2,2H3,(H2,11,13). The predicted molar refractivity (Wildman–Crippen MR) is 121 cm³/mol. The van der Waals surface area contributed by atoms with Crippen molar-refractivity contribution in [1.29, 1.82) is 0 Å². The van der Waals surface area contributed by atoms with Crippen LogP contribution in [0.15, 0.2) is 23.1 Å². The van der Waals surface area contributed by atoms with Gasteiger partial charge in [0.25, 0.3) is 0 Å². The molecular formula is C23H27F4N5O3. The van der Waals surface area contributed by atoms with Gasteiger partial charge in [-0.1, -0.05) is 11.7 Å². The van der Waals surface area contributed by atoms with Gasteiger partial charge in [-0.2, -0.15) is 0 Å². The fourth-order valence-corrected chi connectivity index (χ4v) is 3.79. The van der Waals surface area contributed by atoms with Gasteiger partial charge in [0.1, 0.15) is 11.6 Å². The number of nitrogens with one attached hydrogen (secondary N) is 1. The van der Waals surface area contributed by atoms with E-state index in [1.54, 1.807) is 0 Å². The van der Waals surface area contributed by atoms with E-state index in [1.165, 1.54) is 12.1 Å². The molecule has 1 aromatic carbocycles. The normalized spacial score (nSPS) is 20.0. The maximum atomic E-state index is 14.3. The van der Waals surface area contributed by atoms with Crippen LogP contribution in [0.1, 0.15) is 63.3 Å². The molecule has 2 unspecified atom stereocenters. The van der Waals surface area contributed by atoms with Crippen molar-refractivity contribution in [1.82, 2.24) is 15.5 Å². The minimum atomic E-state index is -2.71. The van der Waals surface area contributed by atoms with Gasteiger partial charge in [0.2, 0.25) is 23.6 Å². The maximum absolute atomic E-state index is 14.3. The van der Waals surface area contributed by atoms with Crippen LogP contribution in [0, 0.1) is 11.6 Å². The number of allylic oxidation sites excluding steroid dienone is 1. The molecule has 0 aliphatic carbocycles. The molecule has 2 aliphatic rings. The average molecular weight is 497 g/mol. The predicted octanol–water partition coefficient (Wildman–Crippen LogP) is 4.18. The van der Waals surface area contributed by atoms with Crippen LogP contribution in [0.3, 0.4) is 0 Å². The molecule has 0 radical (unpaired) electrons. The van der Waals surface area contributed by atoms with Gasteiger partial charge in [-0.3, -0.25) is 14.9 Å². The zero-order valence-corrected chi connectivity index (χ0v) is 19.4. The van der Waals surface area contributed by atoms with Crippen molar-refractivity contribution in [2.75, 3.05) is 17.2 Å². The fourth-order valence-electron chi connectivity index (χ4n) is 3.79. The maximum Gasteiger partial charge on any atom is 0.313 e. The first kappa shape index (κ1) is 26.2. The Labute approximate surface area is 199 Å². The summed E-state index contributed by atoms with van der Waals surface area (Å²) in [7, 11) is 0. The summed E-state index contributed by atoms with van der Waals surface area (Å²) < 4.78 is 58.3. The van der Waals surface area contributed by atoms with E-state index in [1.807, 2.05) is 11.8 Å². The van der Waals surface area contributed by atoms with Gasteiger partial charge in [-0.05, 0) is 45.2 Å². The van der Waals surface area contributed by atoms with Crippen molar-refractivity contribution >= 4 is 29.1 Å². The molecule has 0 bridgehead atoms. The number of piperidine rings is 1. The van der Waals surface area contributed by atoms with Crippen LogP contribution in [0.5, 0.6) is 0 Å². The molecule has 35 heavy (non-hydrogen) atoms. The first-order valence-electron chi connectivity index (χ1n) is 11.1. The smallest absolute Gasteiger partial charge is 0.313 e. The lowest BCUT2D eigenvalue weighted by Crippen LogP contribution is -2.46. The molecule has 3 heterocycles. The number of carbonyl (C=O) groups is 2. The number of nitrogens with zero attached hydrogens (tertiary/aromatic N) is 3. The molecule has 190 valence electrons. The van der Waals surface area contributed by atoms with Gasteiger partial charge in [0, 0.05) is 42.3 Å². The zero-order chi connectivity index (χ0) is 25.9. The van der Waals surface area contributed by atoms with Crippen molar-refractivity contribution in [3.63, 3.8) is 0 Å². The number of nitrogen functional groups attached to an aromatic ring is 1. The van der Waals surface area contributed by atoms with Crippen LogP contribution in [0.25, 0.3) is 5.57 Å². The molecule has 0 saturated carbocycles. The van der Waals surface area contributed by atoms with E-state index in [9.17, 15) is 27.2 Å². The van der Waals surface area contributed by atoms with Crippen molar-refractivity contribution < 1.29 is 31.6 Å². The summed E-state index contributed by atoms with van der Waals surface area (Å²) in [4.78, 5) is 24.8. The average Bonchev–Trinajstić information content (AvgIpc) is 3.18. The third-order valence-corrected chi connectivity index (χ3v) is 5.91. The summed E-state index contributed by atoms with van der Waals surface area (Å²) >= 11 is 0. The van der Waals surface area contributed by atoms with Crippen molar-refractivity contribution in [3.8, 4) is 0 Å². The Bertz CT molecular complexity index is 1090. The van der Waals surface area contributed by atoms with E-state index >= 15 is 0 Å². The fraction of sp³-hybridized carbons (Fsp3) is 0.478. The second-order valence-corrected chi connectivity index (χ2v) is 8.78. The Kier molecular flexibility index (Phi) is 7.81. The minimum Gasteiger partial charge on any atom is -0.404 e. The van der Waals surface area contributed by atoms with E-state index in [4.69, 9.17) is 10.2 Å². The van der Waals surface area contributed by atoms with Gasteiger partial charge >= 0.3 is 6.01 Å². The molecule has 4 rings (SSSR count). The Morgan fingerprint density at radius 1 is 1.26 bits per heavy atom. The van der Waals surface area contributed by atoms with E-state index in [2.05, 4.69) is 22.1 Å². The number of hydrogen-bond donors (Lipinski definition) is 2. The van der Waals surface area contributed by atoms with Crippen LogP contribution in [-0.2, 0) is 9.59 Å². The number of amides is 2. The third-order valence-electron chi connectivity index (χ3n) is 5.91. The van der Waals surface area contributed by atoms with Crippen LogP contribution in [0.4, 0.5) is 29.3 Å². The number of hydrogen-bond acceptors (Lipinski definition) is 7. The highest BCUT2D eigenvalue weighted by Crippen LogP contribution is 2.34. The Morgan fingerprint density at radius 3 is 2.37 bits per heavy atom. The van der Waals surface area contributed by atoms with E-state index < -0.39 is 35.3 Å². The lowest BCUT2D eigenvalue weighted by Gasteiger charge is -2.41. The molecule has 2 fully saturated rings. The lowest BCUT2D eigenvalue weighted by atomic mass is 9.89. The number of anilines is 2. The van der Waals surface area contributed by atoms with Gasteiger partial charge in [0.15, 0.2) is 0 Å². The third kappa shape index (κ3) is 6.58. The highest BCUT2D eigenvalue weighted by Gasteiger charge is 2.33. The summed E-state index contributed by atoms with van der Waals surface area (Å²) in [6, 6.07) is 2.73. The largest absolute Gasteiger partial charge is 0.404 e. The molecule has 2 saturated heterocycles. The second-order valence-electron chi connectivity index (χ2n) is 8.78. The van der Waals surface area contributed by atoms with Gasteiger partial charge in [-0.15, -0.1) is 5.10 Å². The van der Waals surface area contributed by atoms with E-state index in [0.717, 1.165) is 19.9 Å². The van der Waals surface area contributed by atoms with Crippen LogP contribution >= 0.6 is 0 Å². The highest BCUT2D eigenvalue weighted by molar-refractivity contribution is 6.01. The number of rotatable bonds is 6. The first-order valence-corrected chi connectivity index (χ1v) is 11.1. The monoisotopic (exact) mass is 497 g/mol. The summed E-state index contributed by atoms with van der Waals surface area (Å²) in [6.07, 6.45) is 1.04. The number of halogens is 4. The van der Waals surface area contributed by atoms with Crippen molar-refractivity contribution in [2.24, 2.45) is 0 Å². The van der Waals surface area contributed by atoms with Crippen LogP contribution in [-0.4, -0.2) is 40.5 Å². The molecule has 2 aromatic rings. The SMILES string of the molecule is C=C(CCC(C)(F)F)c1nnc(N)o1.CC1CCN1c1cc(F)c(C2CCC(=O)NC2=O)c(F)c1. The van der Waals surface area contributed by atoms with Gasteiger partial charge in [0.05, 0.1) is 5.92 Å². The molecule has 1 aromatic heterocycles. The van der Waals surface area contributed by atoms with Gasteiger partial charge in [-0.25, -0.2) is 17.6 Å². The Balaban J connectivity index is 0.000000214. The molecule has 2 aliphatic heterocycles. The molecule has 2 atom stereocenters. The summed E-state index contributed by atoms with van der Waals surface area (Å²) in [5.74, 6) is -6.01. The number of nitrogens with two attached hydrogens (primary N) is 1. The minimum absolute atomic E-state index is 0.0931. The van der Waals surface area contributed by atoms with Crippen LogP contribution < -0.4 is 16.0 Å². The quantitative estimate of drug-likeness (QED) is 0.454. The Morgan fingerprint density at radius 2 is 1.91 bits per heavy atom. The van der Waals surface area contributed by atoms with Gasteiger partial charge < -0.3 is 15.1 Å². The van der Waals surface area contributed by atoms with E-state index in [-0.39, 0.29) is 49.2 Å². The molecule has 12 heteroatoms. The van der Waals surface area contributed by atoms with Crippen molar-refractivity contribution in [2.45, 2.75) is 63.8 Å². The molecule has 3 N–H and O–H groups in total. The van der Waals surface area contributed by atoms with Crippen LogP contribution in [0.2, 0.25) is 0 Å². The number of benzene rings is 1. The zero-order valence-electron chi connectivity index (χ0n) is 19.4.